The third-order valence-electron chi connectivity index (χ3n) is 3.30. The summed E-state index contributed by atoms with van der Waals surface area (Å²) in [6.07, 6.45) is 2.53. The van der Waals surface area contributed by atoms with Crippen molar-refractivity contribution < 1.29 is 13.2 Å². The van der Waals surface area contributed by atoms with Gasteiger partial charge in [0.25, 0.3) is 0 Å². The third kappa shape index (κ3) is 4.09. The molecule has 0 spiro atoms. The van der Waals surface area contributed by atoms with Gasteiger partial charge in [-0.15, -0.1) is 0 Å². The second kappa shape index (κ2) is 5.99. The molecule has 1 aliphatic carbocycles. The smallest absolute Gasteiger partial charge is 0.238 e. The first kappa shape index (κ1) is 15.1. The van der Waals surface area contributed by atoms with E-state index in [-0.39, 0.29) is 4.90 Å². The Hall–Kier alpha value is -1.31. The third-order valence-corrected chi connectivity index (χ3v) is 4.34. The molecule has 2 rings (SSSR count). The van der Waals surface area contributed by atoms with Crippen molar-refractivity contribution in [3.05, 3.63) is 17.7 Å². The van der Waals surface area contributed by atoms with Gasteiger partial charge in [0.1, 0.15) is 0 Å². The summed E-state index contributed by atoms with van der Waals surface area (Å²) in [5.41, 5.74) is 7.32. The highest BCUT2D eigenvalue weighted by molar-refractivity contribution is 7.89. The lowest BCUT2D eigenvalue weighted by atomic mass is 10.2. The van der Waals surface area contributed by atoms with Gasteiger partial charge >= 0.3 is 0 Å². The fourth-order valence-electron chi connectivity index (χ4n) is 1.98. The normalized spacial score (nSPS) is 15.3. The van der Waals surface area contributed by atoms with Crippen molar-refractivity contribution in [1.82, 2.24) is 0 Å². The number of nitrogens with one attached hydrogen (secondary N) is 1. The Bertz CT molecular complexity index is 583. The van der Waals surface area contributed by atoms with Crippen LogP contribution in [0, 0.1) is 12.8 Å². The van der Waals surface area contributed by atoms with Gasteiger partial charge in [0, 0.05) is 24.5 Å². The summed E-state index contributed by atoms with van der Waals surface area (Å²) in [4.78, 5) is 0.0545. The number of nitrogens with two attached hydrogens (primary N) is 2. The first-order chi connectivity index (χ1) is 9.38. The van der Waals surface area contributed by atoms with Crippen LogP contribution in [0.25, 0.3) is 0 Å². The zero-order valence-corrected chi connectivity index (χ0v) is 12.4. The van der Waals surface area contributed by atoms with E-state index >= 15 is 0 Å². The van der Waals surface area contributed by atoms with Gasteiger partial charge in [-0.05, 0) is 43.4 Å². The van der Waals surface area contributed by atoms with Gasteiger partial charge < -0.3 is 15.8 Å². The Labute approximate surface area is 119 Å². The maximum absolute atomic E-state index is 11.5. The van der Waals surface area contributed by atoms with Gasteiger partial charge in [-0.1, -0.05) is 0 Å². The van der Waals surface area contributed by atoms with Gasteiger partial charge in [-0.3, -0.25) is 0 Å². The lowest BCUT2D eigenvalue weighted by molar-refractivity contribution is 0.134. The highest BCUT2D eigenvalue weighted by Gasteiger charge is 2.21. The molecule has 1 aromatic carbocycles. The number of rotatable bonds is 7. The second-order valence-electron chi connectivity index (χ2n) is 5.18. The molecule has 0 atom stereocenters. The van der Waals surface area contributed by atoms with E-state index in [0.717, 1.165) is 12.5 Å². The second-order valence-corrected chi connectivity index (χ2v) is 6.71. The van der Waals surface area contributed by atoms with E-state index in [4.69, 9.17) is 15.6 Å². The van der Waals surface area contributed by atoms with Crippen LogP contribution in [0.3, 0.4) is 0 Å². The minimum absolute atomic E-state index is 0.0545. The Morgan fingerprint density at radius 1 is 1.40 bits per heavy atom. The van der Waals surface area contributed by atoms with E-state index in [1.807, 2.05) is 0 Å². The first-order valence-electron chi connectivity index (χ1n) is 6.62. The minimum atomic E-state index is -3.77. The number of primary sulfonamides is 1. The van der Waals surface area contributed by atoms with Crippen LogP contribution in [0.1, 0.15) is 18.4 Å². The Kier molecular flexibility index (Phi) is 4.52. The summed E-state index contributed by atoms with van der Waals surface area (Å²) in [6.45, 7) is 3.68. The molecule has 5 N–H and O–H groups in total. The molecule has 1 aromatic rings. The van der Waals surface area contributed by atoms with Crippen molar-refractivity contribution in [1.29, 1.82) is 0 Å². The minimum Gasteiger partial charge on any atom is -0.399 e. The SMILES string of the molecule is Cc1c(NCCOCC2CC2)cc(N)cc1S(N)(=O)=O. The van der Waals surface area contributed by atoms with Crippen molar-refractivity contribution in [2.45, 2.75) is 24.7 Å². The van der Waals surface area contributed by atoms with Crippen LogP contribution in [-0.4, -0.2) is 28.2 Å². The van der Waals surface area contributed by atoms with Crippen LogP contribution >= 0.6 is 0 Å². The monoisotopic (exact) mass is 299 g/mol. The van der Waals surface area contributed by atoms with Crippen LogP contribution in [0.15, 0.2) is 17.0 Å². The van der Waals surface area contributed by atoms with Crippen LogP contribution in [0.4, 0.5) is 11.4 Å². The molecule has 0 aliphatic heterocycles. The predicted octanol–water partition coefficient (Wildman–Crippen LogP) is 1.06. The lowest BCUT2D eigenvalue weighted by Gasteiger charge is -2.13. The number of ether oxygens (including phenoxy) is 1. The maximum atomic E-state index is 11.5. The van der Waals surface area contributed by atoms with E-state index < -0.39 is 10.0 Å². The van der Waals surface area contributed by atoms with E-state index in [0.29, 0.717) is 30.1 Å². The summed E-state index contributed by atoms with van der Waals surface area (Å²) in [5.74, 6) is 0.734. The molecule has 0 radical (unpaired) electrons. The van der Waals surface area contributed by atoms with Crippen LogP contribution in [0.2, 0.25) is 0 Å². The molecule has 0 amide bonds. The molecule has 112 valence electrons. The average molecular weight is 299 g/mol. The van der Waals surface area contributed by atoms with Crippen molar-refractivity contribution in [3.8, 4) is 0 Å². The van der Waals surface area contributed by atoms with E-state index in [9.17, 15) is 8.42 Å². The maximum Gasteiger partial charge on any atom is 0.238 e. The van der Waals surface area contributed by atoms with Crippen LogP contribution < -0.4 is 16.2 Å². The predicted molar refractivity (Wildman–Crippen MR) is 79.0 cm³/mol. The molecule has 0 bridgehead atoms. The van der Waals surface area contributed by atoms with Crippen LogP contribution in [-0.2, 0) is 14.8 Å². The average Bonchev–Trinajstić information content (AvgIpc) is 3.15. The van der Waals surface area contributed by atoms with E-state index in [2.05, 4.69) is 5.32 Å². The molecule has 0 unspecified atom stereocenters. The quantitative estimate of drug-likeness (QED) is 0.515. The zero-order chi connectivity index (χ0) is 14.8. The topological polar surface area (TPSA) is 107 Å². The summed E-state index contributed by atoms with van der Waals surface area (Å²) < 4.78 is 28.5. The fraction of sp³-hybridized carbons (Fsp3) is 0.538. The summed E-state index contributed by atoms with van der Waals surface area (Å²) in [7, 11) is -3.77. The molecule has 0 aromatic heterocycles. The largest absolute Gasteiger partial charge is 0.399 e. The Morgan fingerprint density at radius 3 is 2.70 bits per heavy atom. The molecule has 1 aliphatic rings. The van der Waals surface area contributed by atoms with Crippen molar-refractivity contribution in [3.63, 3.8) is 0 Å². The van der Waals surface area contributed by atoms with Gasteiger partial charge in [0.15, 0.2) is 0 Å². The molecule has 20 heavy (non-hydrogen) atoms. The van der Waals surface area contributed by atoms with Crippen LogP contribution in [0.5, 0.6) is 0 Å². The number of hydrogen-bond acceptors (Lipinski definition) is 5. The van der Waals surface area contributed by atoms with E-state index in [1.54, 1.807) is 13.0 Å². The Balaban J connectivity index is 1.97. The van der Waals surface area contributed by atoms with Crippen molar-refractivity contribution in [2.75, 3.05) is 30.8 Å². The molecular weight excluding hydrogens is 278 g/mol. The first-order valence-corrected chi connectivity index (χ1v) is 8.17. The lowest BCUT2D eigenvalue weighted by Crippen LogP contribution is -2.16. The van der Waals surface area contributed by atoms with Gasteiger partial charge in [-0.2, -0.15) is 0 Å². The van der Waals surface area contributed by atoms with Crippen molar-refractivity contribution >= 4 is 21.4 Å². The zero-order valence-electron chi connectivity index (χ0n) is 11.6. The standard InChI is InChI=1S/C13H21N3O3S/c1-9-12(16-4-5-19-8-10-2-3-10)6-11(14)7-13(9)20(15,17)18/h6-7,10,16H,2-5,8,14H2,1H3,(H2,15,17,18). The molecule has 0 saturated heterocycles. The molecule has 1 saturated carbocycles. The fourth-order valence-corrected chi connectivity index (χ4v) is 2.82. The van der Waals surface area contributed by atoms with Crippen molar-refractivity contribution in [2.24, 2.45) is 11.1 Å². The van der Waals surface area contributed by atoms with E-state index in [1.165, 1.54) is 18.9 Å². The number of benzene rings is 1. The molecular formula is C13H21N3O3S. The summed E-state index contributed by atoms with van der Waals surface area (Å²) in [6, 6.07) is 3.07. The number of nitrogen functional groups attached to an aromatic ring is 1. The molecule has 1 fully saturated rings. The van der Waals surface area contributed by atoms with Gasteiger partial charge in [0.2, 0.25) is 10.0 Å². The number of hydrogen-bond donors (Lipinski definition) is 3. The highest BCUT2D eigenvalue weighted by atomic mass is 32.2. The number of anilines is 2. The highest BCUT2D eigenvalue weighted by Crippen LogP contribution is 2.29. The Morgan fingerprint density at radius 2 is 2.10 bits per heavy atom. The van der Waals surface area contributed by atoms with Gasteiger partial charge in [0.05, 0.1) is 11.5 Å². The summed E-state index contributed by atoms with van der Waals surface area (Å²) in [5, 5.41) is 8.31. The summed E-state index contributed by atoms with van der Waals surface area (Å²) >= 11 is 0. The molecule has 6 nitrogen and oxygen atoms in total. The molecule has 0 heterocycles. The molecule has 7 heteroatoms. The van der Waals surface area contributed by atoms with Gasteiger partial charge in [-0.25, -0.2) is 13.6 Å². The number of sulfonamides is 1.